The van der Waals surface area contributed by atoms with Gasteiger partial charge in [0.2, 0.25) is 5.95 Å². The molecule has 0 amide bonds. The van der Waals surface area contributed by atoms with Crippen LogP contribution in [0.3, 0.4) is 0 Å². The first-order chi connectivity index (χ1) is 12.9. The van der Waals surface area contributed by atoms with Gasteiger partial charge in [0.15, 0.2) is 0 Å². The topological polar surface area (TPSA) is 106 Å². The molecule has 4 rings (SSSR count). The zero-order valence-electron chi connectivity index (χ0n) is 15.0. The summed E-state index contributed by atoms with van der Waals surface area (Å²) >= 11 is 12.2. The number of hydrogen-bond donors (Lipinski definition) is 3. The minimum absolute atomic E-state index is 0. The van der Waals surface area contributed by atoms with E-state index >= 15 is 0 Å². The largest absolute Gasteiger partial charge is 0.384 e. The van der Waals surface area contributed by atoms with Crippen molar-refractivity contribution >= 4 is 65.5 Å². The number of aromatic nitrogens is 2. The summed E-state index contributed by atoms with van der Waals surface area (Å²) in [5.74, 6) is 0.333. The van der Waals surface area contributed by atoms with E-state index in [1.807, 2.05) is 18.2 Å². The van der Waals surface area contributed by atoms with Gasteiger partial charge in [0.05, 0.1) is 17.6 Å². The number of fused-ring (bicyclic) bond motifs is 1. The quantitative estimate of drug-likeness (QED) is 0.378. The van der Waals surface area contributed by atoms with Gasteiger partial charge < -0.3 is 11.5 Å². The molecular weight excluding hydrogens is 454 g/mol. The van der Waals surface area contributed by atoms with Crippen molar-refractivity contribution in [1.29, 1.82) is 5.41 Å². The van der Waals surface area contributed by atoms with E-state index in [1.165, 1.54) is 0 Å². The van der Waals surface area contributed by atoms with Gasteiger partial charge in [-0.1, -0.05) is 41.4 Å². The molecule has 0 spiro atoms. The second-order valence-corrected chi connectivity index (χ2v) is 7.15. The highest BCUT2D eigenvalue weighted by atomic mass is 35.5. The van der Waals surface area contributed by atoms with Crippen molar-refractivity contribution < 1.29 is 0 Å². The van der Waals surface area contributed by atoms with E-state index in [9.17, 15) is 0 Å². The molecule has 1 heterocycles. The molecule has 0 atom stereocenters. The van der Waals surface area contributed by atoms with Crippen LogP contribution < -0.4 is 11.5 Å². The van der Waals surface area contributed by atoms with Gasteiger partial charge in [0.1, 0.15) is 5.84 Å². The van der Waals surface area contributed by atoms with Gasteiger partial charge in [-0.2, -0.15) is 5.10 Å². The maximum atomic E-state index is 7.74. The third-order valence-corrected chi connectivity index (χ3v) is 4.93. The molecule has 6 nitrogen and oxygen atoms in total. The molecule has 29 heavy (non-hydrogen) atoms. The first kappa shape index (κ1) is 23.0. The van der Waals surface area contributed by atoms with Crippen molar-refractivity contribution in [2.24, 2.45) is 10.8 Å². The summed E-state index contributed by atoms with van der Waals surface area (Å²) in [4.78, 5) is 4.37. The van der Waals surface area contributed by atoms with Crippen LogP contribution in [0.15, 0.2) is 47.7 Å². The Morgan fingerprint density at radius 1 is 1.10 bits per heavy atom. The molecule has 10 heteroatoms. The van der Waals surface area contributed by atoms with E-state index in [0.717, 1.165) is 40.8 Å². The number of anilines is 1. The second kappa shape index (κ2) is 9.05. The van der Waals surface area contributed by atoms with Crippen LogP contribution in [0.2, 0.25) is 10.0 Å². The monoisotopic (exact) mass is 470 g/mol. The van der Waals surface area contributed by atoms with Crippen LogP contribution in [0.25, 0.3) is 11.3 Å². The number of imidazole rings is 1. The fraction of sp³-hybridized carbons (Fsp3) is 0.105. The highest BCUT2D eigenvalue weighted by Gasteiger charge is 2.22. The predicted molar refractivity (Wildman–Crippen MR) is 124 cm³/mol. The predicted octanol–water partition coefficient (Wildman–Crippen LogP) is 4.77. The number of benzene rings is 2. The molecule has 3 aromatic rings. The van der Waals surface area contributed by atoms with Gasteiger partial charge >= 0.3 is 0 Å². The lowest BCUT2D eigenvalue weighted by atomic mass is 10.0. The molecule has 1 aliphatic rings. The Morgan fingerprint density at radius 3 is 2.45 bits per heavy atom. The molecule has 0 unspecified atom stereocenters. The maximum Gasteiger partial charge on any atom is 0.221 e. The van der Waals surface area contributed by atoms with Crippen LogP contribution >= 0.6 is 48.0 Å². The van der Waals surface area contributed by atoms with Crippen molar-refractivity contribution in [2.75, 3.05) is 5.73 Å². The normalized spacial score (nSPS) is 13.5. The number of nitrogens with one attached hydrogen (secondary N) is 1. The number of amidine groups is 1. The fourth-order valence-electron chi connectivity index (χ4n) is 3.30. The Hall–Kier alpha value is -2.25. The molecule has 152 valence electrons. The number of nitrogens with two attached hydrogens (primary N) is 2. The van der Waals surface area contributed by atoms with E-state index in [1.54, 1.807) is 29.1 Å². The zero-order valence-corrected chi connectivity index (χ0v) is 18.2. The molecule has 0 fully saturated rings. The van der Waals surface area contributed by atoms with E-state index < -0.39 is 0 Å². The van der Waals surface area contributed by atoms with Gasteiger partial charge in [0.25, 0.3) is 0 Å². The molecule has 0 radical (unpaired) electrons. The van der Waals surface area contributed by atoms with Gasteiger partial charge in [-0.15, -0.1) is 24.8 Å². The average Bonchev–Trinajstić information content (AvgIpc) is 3.18. The molecule has 2 aromatic carbocycles. The van der Waals surface area contributed by atoms with Gasteiger partial charge in [-0.3, -0.25) is 5.41 Å². The SMILES string of the molecule is Cl.Cl.N=C(N)c1cccc2c1CC/C2=N\n1cc(-c2cc(Cl)cc(Cl)c2)nc1N. The lowest BCUT2D eigenvalue weighted by molar-refractivity contribution is 0.883. The Labute approximate surface area is 190 Å². The lowest BCUT2D eigenvalue weighted by Gasteiger charge is -2.06. The first-order valence-corrected chi connectivity index (χ1v) is 9.04. The minimum Gasteiger partial charge on any atom is -0.384 e. The van der Waals surface area contributed by atoms with Crippen LogP contribution in [-0.4, -0.2) is 21.2 Å². The van der Waals surface area contributed by atoms with Gasteiger partial charge in [0, 0.05) is 26.7 Å². The van der Waals surface area contributed by atoms with Crippen LogP contribution in [-0.2, 0) is 6.42 Å². The lowest BCUT2D eigenvalue weighted by Crippen LogP contribution is -2.13. The van der Waals surface area contributed by atoms with Crippen molar-refractivity contribution in [2.45, 2.75) is 12.8 Å². The highest BCUT2D eigenvalue weighted by molar-refractivity contribution is 6.35. The van der Waals surface area contributed by atoms with Crippen molar-refractivity contribution in [3.05, 3.63) is 69.3 Å². The van der Waals surface area contributed by atoms with Gasteiger partial charge in [-0.25, -0.2) is 9.66 Å². The Bertz CT molecular complexity index is 1090. The third-order valence-electron chi connectivity index (χ3n) is 4.49. The van der Waals surface area contributed by atoms with Crippen LogP contribution in [0.5, 0.6) is 0 Å². The summed E-state index contributed by atoms with van der Waals surface area (Å²) in [5.41, 5.74) is 16.8. The molecule has 0 bridgehead atoms. The Kier molecular flexibility index (Phi) is 7.19. The van der Waals surface area contributed by atoms with Crippen molar-refractivity contribution in [3.63, 3.8) is 0 Å². The van der Waals surface area contributed by atoms with Crippen LogP contribution in [0, 0.1) is 5.41 Å². The van der Waals surface area contributed by atoms with E-state index in [-0.39, 0.29) is 36.6 Å². The Balaban J connectivity index is 0.00000150. The summed E-state index contributed by atoms with van der Waals surface area (Å²) in [7, 11) is 0. The Morgan fingerprint density at radius 2 is 1.79 bits per heavy atom. The van der Waals surface area contributed by atoms with Crippen LogP contribution in [0.1, 0.15) is 23.1 Å². The second-order valence-electron chi connectivity index (χ2n) is 6.28. The van der Waals surface area contributed by atoms with E-state index in [4.69, 9.17) is 40.1 Å². The molecule has 0 saturated carbocycles. The summed E-state index contributed by atoms with van der Waals surface area (Å²) in [6.45, 7) is 0. The zero-order chi connectivity index (χ0) is 19.1. The van der Waals surface area contributed by atoms with Crippen molar-refractivity contribution in [1.82, 2.24) is 9.66 Å². The molecule has 1 aliphatic carbocycles. The summed E-state index contributed by atoms with van der Waals surface area (Å²) in [5, 5.41) is 13.5. The van der Waals surface area contributed by atoms with Crippen LogP contribution in [0.4, 0.5) is 5.95 Å². The number of rotatable bonds is 3. The standard InChI is InChI=1S/C19H16Cl2N6.2ClH/c20-11-6-10(7-12(21)8-11)17-9-27(19(24)25-17)26-16-5-4-13-14(16)2-1-3-15(13)18(22)23;;/h1-3,6-9H,4-5H2,(H3,22,23)(H2,24,25);2*1H/b26-16+;;. The maximum absolute atomic E-state index is 7.74. The molecular formula is C19H18Cl4N6. The number of halogens is 4. The number of nitrogens with zero attached hydrogens (tertiary/aromatic N) is 3. The first-order valence-electron chi connectivity index (χ1n) is 8.28. The highest BCUT2D eigenvalue weighted by Crippen LogP contribution is 2.29. The van der Waals surface area contributed by atoms with Crippen molar-refractivity contribution in [3.8, 4) is 11.3 Å². The number of nitrogen functional groups attached to an aromatic ring is 2. The summed E-state index contributed by atoms with van der Waals surface area (Å²) < 4.78 is 1.55. The molecule has 0 aliphatic heterocycles. The van der Waals surface area contributed by atoms with E-state index in [0.29, 0.717) is 15.7 Å². The van der Waals surface area contributed by atoms with Gasteiger partial charge in [-0.05, 0) is 36.6 Å². The fourth-order valence-corrected chi connectivity index (χ4v) is 3.82. The molecule has 0 saturated heterocycles. The summed E-state index contributed by atoms with van der Waals surface area (Å²) in [6.07, 6.45) is 3.28. The van der Waals surface area contributed by atoms with E-state index in [2.05, 4.69) is 10.1 Å². The summed E-state index contributed by atoms with van der Waals surface area (Å²) in [6, 6.07) is 10.9. The smallest absolute Gasteiger partial charge is 0.221 e. The third kappa shape index (κ3) is 4.51. The average molecular weight is 472 g/mol. The minimum atomic E-state index is 0. The molecule has 1 aromatic heterocycles. The number of hydrogen-bond acceptors (Lipinski definition) is 4. The molecule has 5 N–H and O–H groups in total.